The summed E-state index contributed by atoms with van der Waals surface area (Å²) in [6.45, 7) is 0. The molecule has 1 amide bonds. The molecule has 1 saturated carbocycles. The minimum atomic E-state index is -4.42. The Morgan fingerprint density at radius 3 is 2.44 bits per heavy atom. The largest absolute Gasteiger partial charge is 0.416 e. The normalized spacial score (nSPS) is 16.7. The fraction of sp³-hybridized carbons (Fsp3) is 0.364. The van der Waals surface area contributed by atoms with E-state index in [0.717, 1.165) is 12.1 Å². The minimum absolute atomic E-state index is 0. The van der Waals surface area contributed by atoms with Crippen molar-refractivity contribution in [3.05, 3.63) is 29.8 Å². The first-order valence-corrected chi connectivity index (χ1v) is 5.09. The number of nitrogens with two attached hydrogens (primary N) is 1. The zero-order valence-electron chi connectivity index (χ0n) is 9.25. The van der Waals surface area contributed by atoms with Crippen molar-refractivity contribution in [2.24, 2.45) is 5.73 Å². The molecule has 0 aromatic heterocycles. The van der Waals surface area contributed by atoms with E-state index in [9.17, 15) is 18.0 Å². The predicted molar refractivity (Wildman–Crippen MR) is 63.5 cm³/mol. The van der Waals surface area contributed by atoms with E-state index >= 15 is 0 Å². The first-order valence-electron chi connectivity index (χ1n) is 5.09. The molecule has 0 heterocycles. The van der Waals surface area contributed by atoms with Gasteiger partial charge in [0.05, 0.1) is 11.1 Å². The molecule has 3 nitrogen and oxygen atoms in total. The lowest BCUT2D eigenvalue weighted by Gasteiger charge is -2.12. The first-order chi connectivity index (χ1) is 7.81. The highest BCUT2D eigenvalue weighted by atomic mass is 35.5. The van der Waals surface area contributed by atoms with Crippen molar-refractivity contribution >= 4 is 24.0 Å². The molecule has 0 bridgehead atoms. The third-order valence-electron chi connectivity index (χ3n) is 2.69. The second-order valence-electron chi connectivity index (χ2n) is 4.19. The third-order valence-corrected chi connectivity index (χ3v) is 2.69. The van der Waals surface area contributed by atoms with Crippen LogP contribution in [-0.4, -0.2) is 11.4 Å². The van der Waals surface area contributed by atoms with Gasteiger partial charge in [0, 0.05) is 5.69 Å². The van der Waals surface area contributed by atoms with Crippen LogP contribution in [-0.2, 0) is 11.0 Å². The van der Waals surface area contributed by atoms with Crippen LogP contribution in [0.5, 0.6) is 0 Å². The first kappa shape index (κ1) is 14.8. The molecule has 1 aromatic rings. The Balaban J connectivity index is 0.00000162. The number of benzene rings is 1. The molecule has 100 valence electrons. The van der Waals surface area contributed by atoms with Gasteiger partial charge in [-0.1, -0.05) is 6.07 Å². The van der Waals surface area contributed by atoms with E-state index in [1.165, 1.54) is 12.1 Å². The highest BCUT2D eigenvalue weighted by Gasteiger charge is 2.46. The van der Waals surface area contributed by atoms with Gasteiger partial charge in [-0.25, -0.2) is 0 Å². The number of amides is 1. The van der Waals surface area contributed by atoms with Gasteiger partial charge in [0.15, 0.2) is 0 Å². The molecule has 18 heavy (non-hydrogen) atoms. The van der Waals surface area contributed by atoms with Gasteiger partial charge in [-0.3, -0.25) is 4.79 Å². The Kier molecular flexibility index (Phi) is 3.92. The zero-order valence-corrected chi connectivity index (χ0v) is 10.1. The lowest BCUT2D eigenvalue weighted by atomic mass is 10.2. The van der Waals surface area contributed by atoms with Crippen LogP contribution < -0.4 is 11.1 Å². The van der Waals surface area contributed by atoms with E-state index in [4.69, 9.17) is 5.73 Å². The number of nitrogens with one attached hydrogen (secondary N) is 1. The van der Waals surface area contributed by atoms with E-state index in [1.54, 1.807) is 0 Å². The van der Waals surface area contributed by atoms with Gasteiger partial charge in [0.25, 0.3) is 0 Å². The molecule has 0 atom stereocenters. The standard InChI is InChI=1S/C11H11F3N2O.ClH/c12-11(13,14)7-2-1-3-8(6-7)16-9(17)10(15)4-5-10;/h1-3,6H,4-5,15H2,(H,16,17);1H. The van der Waals surface area contributed by atoms with Crippen molar-refractivity contribution < 1.29 is 18.0 Å². The Labute approximate surface area is 108 Å². The molecule has 7 heteroatoms. The smallest absolute Gasteiger partial charge is 0.324 e. The molecule has 0 aliphatic heterocycles. The predicted octanol–water partition coefficient (Wildman–Crippen LogP) is 2.56. The van der Waals surface area contributed by atoms with Crippen molar-refractivity contribution in [3.63, 3.8) is 0 Å². The van der Waals surface area contributed by atoms with E-state index in [0.29, 0.717) is 12.8 Å². The van der Waals surface area contributed by atoms with E-state index in [2.05, 4.69) is 5.32 Å². The average Bonchev–Trinajstić information content (AvgIpc) is 2.97. The summed E-state index contributed by atoms with van der Waals surface area (Å²) in [5, 5.41) is 2.39. The number of anilines is 1. The topological polar surface area (TPSA) is 55.1 Å². The van der Waals surface area contributed by atoms with Crippen LogP contribution in [0.15, 0.2) is 24.3 Å². The summed E-state index contributed by atoms with van der Waals surface area (Å²) >= 11 is 0. The SMILES string of the molecule is Cl.NC1(C(=O)Nc2cccc(C(F)(F)F)c2)CC1. The molecular formula is C11H12ClF3N2O. The molecule has 2 rings (SSSR count). The van der Waals surface area contributed by atoms with Gasteiger partial charge in [-0.2, -0.15) is 13.2 Å². The Morgan fingerprint density at radius 2 is 1.94 bits per heavy atom. The van der Waals surface area contributed by atoms with Gasteiger partial charge in [-0.05, 0) is 31.0 Å². The number of hydrogen-bond donors (Lipinski definition) is 2. The second-order valence-corrected chi connectivity index (χ2v) is 4.19. The lowest BCUT2D eigenvalue weighted by Crippen LogP contribution is -2.37. The molecule has 0 saturated heterocycles. The molecule has 0 spiro atoms. The van der Waals surface area contributed by atoms with E-state index < -0.39 is 23.2 Å². The molecule has 1 fully saturated rings. The van der Waals surface area contributed by atoms with Gasteiger partial charge >= 0.3 is 6.18 Å². The van der Waals surface area contributed by atoms with E-state index in [1.807, 2.05) is 0 Å². The molecule has 0 unspecified atom stereocenters. The molecule has 1 aromatic carbocycles. The molecule has 1 aliphatic rings. The summed E-state index contributed by atoms with van der Waals surface area (Å²) in [6.07, 6.45) is -3.28. The Hall–Kier alpha value is -1.27. The fourth-order valence-electron chi connectivity index (χ4n) is 1.39. The summed E-state index contributed by atoms with van der Waals surface area (Å²) < 4.78 is 37.2. The maximum atomic E-state index is 12.4. The van der Waals surface area contributed by atoms with Crippen molar-refractivity contribution in [3.8, 4) is 0 Å². The third kappa shape index (κ3) is 3.14. The number of carbonyl (C=O) groups is 1. The van der Waals surface area contributed by atoms with E-state index in [-0.39, 0.29) is 18.1 Å². The van der Waals surface area contributed by atoms with Crippen molar-refractivity contribution in [1.29, 1.82) is 0 Å². The fourth-order valence-corrected chi connectivity index (χ4v) is 1.39. The van der Waals surface area contributed by atoms with Gasteiger partial charge in [-0.15, -0.1) is 12.4 Å². The number of carbonyl (C=O) groups excluding carboxylic acids is 1. The molecule has 1 aliphatic carbocycles. The lowest BCUT2D eigenvalue weighted by molar-refractivity contribution is -0.137. The Bertz CT molecular complexity index is 458. The minimum Gasteiger partial charge on any atom is -0.324 e. The highest BCUT2D eigenvalue weighted by molar-refractivity contribution is 6.00. The highest BCUT2D eigenvalue weighted by Crippen LogP contribution is 2.34. The van der Waals surface area contributed by atoms with Crippen molar-refractivity contribution in [2.75, 3.05) is 5.32 Å². The van der Waals surface area contributed by atoms with Crippen molar-refractivity contribution in [1.82, 2.24) is 0 Å². The summed E-state index contributed by atoms with van der Waals surface area (Å²) in [4.78, 5) is 11.5. The van der Waals surface area contributed by atoms with Crippen LogP contribution in [0.2, 0.25) is 0 Å². The van der Waals surface area contributed by atoms with Gasteiger partial charge in [0.2, 0.25) is 5.91 Å². The maximum Gasteiger partial charge on any atom is 0.416 e. The molecular weight excluding hydrogens is 269 g/mol. The van der Waals surface area contributed by atoms with Crippen LogP contribution in [0.3, 0.4) is 0 Å². The van der Waals surface area contributed by atoms with Crippen molar-refractivity contribution in [2.45, 2.75) is 24.6 Å². The van der Waals surface area contributed by atoms with Crippen LogP contribution >= 0.6 is 12.4 Å². The second kappa shape index (κ2) is 4.78. The summed E-state index contributed by atoms with van der Waals surface area (Å²) in [6, 6.07) is 4.49. The number of halogens is 4. The van der Waals surface area contributed by atoms with Crippen LogP contribution in [0.4, 0.5) is 18.9 Å². The average molecular weight is 281 g/mol. The van der Waals surface area contributed by atoms with Gasteiger partial charge < -0.3 is 11.1 Å². The number of hydrogen-bond acceptors (Lipinski definition) is 2. The molecule has 3 N–H and O–H groups in total. The molecule has 0 radical (unpaired) electrons. The Morgan fingerprint density at radius 1 is 1.33 bits per heavy atom. The summed E-state index contributed by atoms with van der Waals surface area (Å²) in [5.41, 5.74) is 4.05. The van der Waals surface area contributed by atoms with Crippen LogP contribution in [0, 0.1) is 0 Å². The quantitative estimate of drug-likeness (QED) is 0.875. The van der Waals surface area contributed by atoms with Gasteiger partial charge in [0.1, 0.15) is 0 Å². The summed E-state index contributed by atoms with van der Waals surface area (Å²) in [7, 11) is 0. The van der Waals surface area contributed by atoms with Crippen LogP contribution in [0.25, 0.3) is 0 Å². The maximum absolute atomic E-state index is 12.4. The number of alkyl halides is 3. The summed E-state index contributed by atoms with van der Waals surface area (Å²) in [5.74, 6) is -0.433. The number of rotatable bonds is 2. The monoisotopic (exact) mass is 280 g/mol. The van der Waals surface area contributed by atoms with Crippen LogP contribution in [0.1, 0.15) is 18.4 Å². The zero-order chi connectivity index (χ0) is 12.7.